The van der Waals surface area contributed by atoms with Gasteiger partial charge >= 0.3 is 6.09 Å². The second kappa shape index (κ2) is 9.87. The van der Waals surface area contributed by atoms with Crippen LogP contribution in [0.15, 0.2) is 24.3 Å². The van der Waals surface area contributed by atoms with Crippen LogP contribution in [-0.4, -0.2) is 24.8 Å². The zero-order valence-corrected chi connectivity index (χ0v) is 14.3. The van der Waals surface area contributed by atoms with Crippen LogP contribution in [0.3, 0.4) is 0 Å². The highest BCUT2D eigenvalue weighted by Gasteiger charge is 2.15. The van der Waals surface area contributed by atoms with E-state index in [0.29, 0.717) is 13.1 Å². The van der Waals surface area contributed by atoms with Gasteiger partial charge in [-0.2, -0.15) is 0 Å². The lowest BCUT2D eigenvalue weighted by Crippen LogP contribution is -2.27. The largest absolute Gasteiger partial charge is 0.468 e. The number of carbonyl (C=O) groups excluding carboxylic acids is 2. The number of aryl methyl sites for hydroxylation is 1. The predicted molar refractivity (Wildman–Crippen MR) is 90.5 cm³/mol. The van der Waals surface area contributed by atoms with Crippen molar-refractivity contribution in [3.8, 4) is 0 Å². The summed E-state index contributed by atoms with van der Waals surface area (Å²) in [7, 11) is 0. The van der Waals surface area contributed by atoms with Crippen LogP contribution >= 0.6 is 0 Å². The second-order valence-electron chi connectivity index (χ2n) is 6.46. The van der Waals surface area contributed by atoms with Crippen LogP contribution in [0.2, 0.25) is 0 Å². The molecule has 23 heavy (non-hydrogen) atoms. The molecule has 0 aliphatic rings. The Morgan fingerprint density at radius 3 is 2.35 bits per heavy atom. The Kier molecular flexibility index (Phi) is 8.16. The van der Waals surface area contributed by atoms with E-state index in [9.17, 15) is 9.59 Å². The van der Waals surface area contributed by atoms with Gasteiger partial charge in [0.1, 0.15) is 5.60 Å². The van der Waals surface area contributed by atoms with Gasteiger partial charge < -0.3 is 9.47 Å². The van der Waals surface area contributed by atoms with Crippen molar-refractivity contribution in [2.24, 2.45) is 0 Å². The molecule has 0 atom stereocenters. The summed E-state index contributed by atoms with van der Waals surface area (Å²) in [5.41, 5.74) is 1.47. The van der Waals surface area contributed by atoms with E-state index in [1.807, 2.05) is 45.0 Å². The van der Waals surface area contributed by atoms with E-state index < -0.39 is 11.7 Å². The molecule has 1 aromatic carbocycles. The van der Waals surface area contributed by atoms with Crippen molar-refractivity contribution in [1.82, 2.24) is 0 Å². The maximum atomic E-state index is 11.7. The fourth-order valence-electron chi connectivity index (χ4n) is 2.09. The van der Waals surface area contributed by atoms with Crippen LogP contribution in [-0.2, 0) is 20.7 Å². The van der Waals surface area contributed by atoms with Gasteiger partial charge in [-0.15, -0.1) is 0 Å². The maximum Gasteiger partial charge on any atom is 0.412 e. The third kappa shape index (κ3) is 9.55. The molecule has 0 aromatic heterocycles. The molecule has 0 bridgehead atoms. The van der Waals surface area contributed by atoms with Crippen LogP contribution in [0.1, 0.15) is 52.0 Å². The lowest BCUT2D eigenvalue weighted by atomic mass is 10.1. The number of ether oxygens (including phenoxy) is 2. The molecule has 0 radical (unpaired) electrons. The second-order valence-corrected chi connectivity index (χ2v) is 6.46. The zero-order chi connectivity index (χ0) is 17.1. The van der Waals surface area contributed by atoms with Crippen molar-refractivity contribution in [2.75, 3.05) is 11.9 Å². The molecule has 0 aliphatic carbocycles. The molecule has 0 heterocycles. The number of anilines is 1. The quantitative estimate of drug-likeness (QED) is 0.544. The van der Waals surface area contributed by atoms with Crippen molar-refractivity contribution < 1.29 is 19.1 Å². The van der Waals surface area contributed by atoms with Gasteiger partial charge in [0.05, 0.1) is 6.61 Å². The van der Waals surface area contributed by atoms with Crippen molar-refractivity contribution in [3.63, 3.8) is 0 Å². The van der Waals surface area contributed by atoms with Gasteiger partial charge in [0.2, 0.25) is 0 Å². The number of amides is 1. The number of hydrogen-bond donors (Lipinski definition) is 1. The van der Waals surface area contributed by atoms with Gasteiger partial charge in [0, 0.05) is 5.69 Å². The van der Waals surface area contributed by atoms with Crippen LogP contribution in [0.4, 0.5) is 10.5 Å². The summed E-state index contributed by atoms with van der Waals surface area (Å²) in [5.74, 6) is 0. The number of nitrogens with one attached hydrogen (secondary N) is 1. The average Bonchev–Trinajstić information content (AvgIpc) is 2.46. The van der Waals surface area contributed by atoms with E-state index >= 15 is 0 Å². The Balaban J connectivity index is 2.25. The Hall–Kier alpha value is -2.04. The van der Waals surface area contributed by atoms with Crippen LogP contribution in [0.25, 0.3) is 0 Å². The number of hydrogen-bond acceptors (Lipinski definition) is 4. The normalized spacial score (nSPS) is 10.9. The molecule has 0 unspecified atom stereocenters. The van der Waals surface area contributed by atoms with E-state index in [1.54, 1.807) is 0 Å². The first-order valence-corrected chi connectivity index (χ1v) is 8.05. The minimum absolute atomic E-state index is 0.442. The van der Waals surface area contributed by atoms with E-state index in [-0.39, 0.29) is 0 Å². The molecule has 0 saturated heterocycles. The Morgan fingerprint density at radius 1 is 1.09 bits per heavy atom. The van der Waals surface area contributed by atoms with Gasteiger partial charge in [0.15, 0.2) is 0 Å². The predicted octanol–water partition coefficient (Wildman–Crippen LogP) is 4.31. The molecule has 5 heteroatoms. The number of benzene rings is 1. The summed E-state index contributed by atoms with van der Waals surface area (Å²) in [6.07, 6.45) is 4.74. The number of rotatable bonds is 9. The van der Waals surface area contributed by atoms with Crippen LogP contribution < -0.4 is 5.32 Å². The molecule has 1 rings (SSSR count). The average molecular weight is 321 g/mol. The van der Waals surface area contributed by atoms with Crippen molar-refractivity contribution in [2.45, 2.75) is 58.5 Å². The standard InChI is InChI=1S/C18H27NO4/c1-18(2,3)23-17(21)19-16-11-9-15(10-12-16)8-6-4-5-7-13-22-14-20/h9-12,14H,4-8,13H2,1-3H3,(H,19,21). The Bertz CT molecular complexity index is 477. The zero-order valence-electron chi connectivity index (χ0n) is 14.3. The van der Waals surface area contributed by atoms with E-state index in [4.69, 9.17) is 4.74 Å². The Labute approximate surface area is 138 Å². The summed E-state index contributed by atoms with van der Waals surface area (Å²) in [6, 6.07) is 7.80. The smallest absolute Gasteiger partial charge is 0.412 e. The summed E-state index contributed by atoms with van der Waals surface area (Å²) < 4.78 is 9.86. The first-order valence-electron chi connectivity index (χ1n) is 8.05. The van der Waals surface area contributed by atoms with Gasteiger partial charge in [-0.1, -0.05) is 25.0 Å². The van der Waals surface area contributed by atoms with E-state index in [0.717, 1.165) is 37.8 Å². The topological polar surface area (TPSA) is 64.6 Å². The van der Waals surface area contributed by atoms with Gasteiger partial charge in [-0.05, 0) is 57.7 Å². The third-order valence-electron chi connectivity index (χ3n) is 3.14. The molecule has 5 nitrogen and oxygen atoms in total. The fraction of sp³-hybridized carbons (Fsp3) is 0.556. The first-order chi connectivity index (χ1) is 10.9. The molecule has 1 aromatic rings. The van der Waals surface area contributed by atoms with Gasteiger partial charge in [0.25, 0.3) is 6.47 Å². The summed E-state index contributed by atoms with van der Waals surface area (Å²) in [4.78, 5) is 21.7. The molecule has 0 spiro atoms. The lowest BCUT2D eigenvalue weighted by molar-refractivity contribution is -0.128. The molecule has 1 amide bonds. The lowest BCUT2D eigenvalue weighted by Gasteiger charge is -2.19. The number of carbonyl (C=O) groups is 2. The van der Waals surface area contributed by atoms with Crippen LogP contribution in [0, 0.1) is 0 Å². The third-order valence-corrected chi connectivity index (χ3v) is 3.14. The highest BCUT2D eigenvalue weighted by atomic mass is 16.6. The summed E-state index contributed by atoms with van der Waals surface area (Å²) in [5, 5.41) is 2.72. The van der Waals surface area contributed by atoms with E-state index in [1.165, 1.54) is 5.56 Å². The minimum Gasteiger partial charge on any atom is -0.468 e. The highest BCUT2D eigenvalue weighted by molar-refractivity contribution is 5.84. The fourth-order valence-corrected chi connectivity index (χ4v) is 2.09. The highest BCUT2D eigenvalue weighted by Crippen LogP contribution is 2.14. The molecule has 1 N–H and O–H groups in total. The molecule has 0 aliphatic heterocycles. The van der Waals surface area contributed by atoms with Crippen molar-refractivity contribution >= 4 is 18.3 Å². The monoisotopic (exact) mass is 321 g/mol. The Morgan fingerprint density at radius 2 is 1.74 bits per heavy atom. The van der Waals surface area contributed by atoms with Gasteiger partial charge in [-0.25, -0.2) is 4.79 Å². The molecule has 0 fully saturated rings. The minimum atomic E-state index is -0.499. The summed E-state index contributed by atoms with van der Waals surface area (Å²) >= 11 is 0. The van der Waals surface area contributed by atoms with Crippen molar-refractivity contribution in [3.05, 3.63) is 29.8 Å². The molecule has 0 saturated carbocycles. The van der Waals surface area contributed by atoms with Crippen molar-refractivity contribution in [1.29, 1.82) is 0 Å². The molecular weight excluding hydrogens is 294 g/mol. The molecule has 128 valence electrons. The maximum absolute atomic E-state index is 11.7. The van der Waals surface area contributed by atoms with Gasteiger partial charge in [-0.3, -0.25) is 10.1 Å². The molecular formula is C18H27NO4. The summed E-state index contributed by atoms with van der Waals surface area (Å²) in [6.45, 7) is 6.50. The van der Waals surface area contributed by atoms with E-state index in [2.05, 4.69) is 10.1 Å². The SMILES string of the molecule is CC(C)(C)OC(=O)Nc1ccc(CCCCCCOC=O)cc1. The first kappa shape index (κ1) is 19.0. The number of unbranched alkanes of at least 4 members (excludes halogenated alkanes) is 3. The van der Waals surface area contributed by atoms with Crippen LogP contribution in [0.5, 0.6) is 0 Å².